The van der Waals surface area contributed by atoms with Gasteiger partial charge < -0.3 is 12.2 Å². The van der Waals surface area contributed by atoms with Gasteiger partial charge in [-0.2, -0.15) is 19.5 Å². The fourth-order valence-electron chi connectivity index (χ4n) is 0.224. The van der Waals surface area contributed by atoms with Crippen molar-refractivity contribution in [1.82, 2.24) is 0 Å². The van der Waals surface area contributed by atoms with Gasteiger partial charge in [0.25, 0.3) is 0 Å². The molecule has 0 rings (SSSR count). The molecule has 0 aromatic rings. The summed E-state index contributed by atoms with van der Waals surface area (Å²) in [6.07, 6.45) is 1.00. The Hall–Kier alpha value is 0.474. The Morgan fingerprint density at radius 2 is 1.40 bits per heavy atom. The van der Waals surface area contributed by atoms with Crippen LogP contribution in [0, 0.1) is 6.92 Å². The van der Waals surface area contributed by atoms with Gasteiger partial charge in [-0.1, -0.05) is 20.8 Å². The van der Waals surface area contributed by atoms with Crippen molar-refractivity contribution < 1.29 is 23.7 Å². The van der Waals surface area contributed by atoms with E-state index in [1.165, 1.54) is 0 Å². The summed E-state index contributed by atoms with van der Waals surface area (Å²) in [7, 11) is 0. The van der Waals surface area contributed by atoms with E-state index in [1.54, 1.807) is 0 Å². The zero-order valence-corrected chi connectivity index (χ0v) is 8.75. The van der Waals surface area contributed by atoms with Gasteiger partial charge in [-0.25, -0.2) is 0 Å². The first-order valence-corrected chi connectivity index (χ1v) is 4.10. The maximum atomic E-state index is 8.25. The molecule has 0 saturated heterocycles. The number of rotatable bonds is 2. The van der Waals surface area contributed by atoms with Crippen LogP contribution in [0.4, 0.5) is 0 Å². The van der Waals surface area contributed by atoms with E-state index in [0.29, 0.717) is 0 Å². The molecule has 0 atom stereocenters. The van der Waals surface area contributed by atoms with Crippen molar-refractivity contribution in [3.05, 3.63) is 12.2 Å². The minimum absolute atomic E-state index is 0.750. The van der Waals surface area contributed by atoms with Gasteiger partial charge >= 0.3 is 23.7 Å². The average Bonchev–Trinajstić information content (AvgIpc) is 1.96. The molecule has 60 valence electrons. The van der Waals surface area contributed by atoms with E-state index in [4.69, 9.17) is 3.32 Å². The standard InChI is InChI=1S/C4H10N.C3H7.O.Ti/c1-3-5-4-2;1-3-2;;/h3-4H2,1-2H3;1,3H2,2H3;;/q2*-1;;+2. The Kier molecular flexibility index (Phi) is 57.2. The third-order valence-corrected chi connectivity index (χ3v) is 0.447. The first kappa shape index (κ1) is 16.8. The number of nitrogens with zero attached hydrogens (tertiary/aromatic N) is 1. The molecule has 0 radical (unpaired) electrons. The van der Waals surface area contributed by atoms with Crippen molar-refractivity contribution in [2.24, 2.45) is 0 Å². The summed E-state index contributed by atoms with van der Waals surface area (Å²) in [5.41, 5.74) is 0. The summed E-state index contributed by atoms with van der Waals surface area (Å²) >= 11 is 0.750. The summed E-state index contributed by atoms with van der Waals surface area (Å²) in [6, 6.07) is 0. The topological polar surface area (TPSA) is 31.2 Å². The second-order valence-electron chi connectivity index (χ2n) is 1.36. The third kappa shape index (κ3) is 77.3. The van der Waals surface area contributed by atoms with Crippen LogP contribution in [0.2, 0.25) is 0 Å². The molecule has 0 N–H and O–H groups in total. The van der Waals surface area contributed by atoms with E-state index in [9.17, 15) is 0 Å². The maximum absolute atomic E-state index is 8.25. The Labute approximate surface area is 76.5 Å². The van der Waals surface area contributed by atoms with Crippen LogP contribution in [0.3, 0.4) is 0 Å². The van der Waals surface area contributed by atoms with E-state index in [-0.39, 0.29) is 0 Å². The van der Waals surface area contributed by atoms with Gasteiger partial charge in [0.2, 0.25) is 0 Å². The van der Waals surface area contributed by atoms with Crippen molar-refractivity contribution in [3.63, 3.8) is 0 Å². The van der Waals surface area contributed by atoms with Crippen LogP contribution < -0.4 is 0 Å². The molecule has 0 saturated carbocycles. The van der Waals surface area contributed by atoms with Gasteiger partial charge in [-0.3, -0.25) is 0 Å². The molecule has 2 nitrogen and oxygen atoms in total. The van der Waals surface area contributed by atoms with E-state index < -0.39 is 0 Å². The van der Waals surface area contributed by atoms with E-state index in [0.717, 1.165) is 39.9 Å². The van der Waals surface area contributed by atoms with Crippen molar-refractivity contribution in [2.75, 3.05) is 13.1 Å². The third-order valence-electron chi connectivity index (χ3n) is 0.447. The molecular formula is C7H17NOTi. The van der Waals surface area contributed by atoms with Crippen molar-refractivity contribution in [1.29, 1.82) is 0 Å². The fourth-order valence-corrected chi connectivity index (χ4v) is 0.224. The zero-order valence-electron chi connectivity index (χ0n) is 7.18. The summed E-state index contributed by atoms with van der Waals surface area (Å²) in [6.45, 7) is 11.5. The monoisotopic (exact) mass is 179 g/mol. The molecule has 10 heavy (non-hydrogen) atoms. The van der Waals surface area contributed by atoms with Crippen LogP contribution in [0.15, 0.2) is 0 Å². The molecule has 0 aromatic heterocycles. The van der Waals surface area contributed by atoms with Gasteiger partial charge in [0, 0.05) is 0 Å². The summed E-state index contributed by atoms with van der Waals surface area (Å²) in [5, 5.41) is 3.97. The van der Waals surface area contributed by atoms with Crippen molar-refractivity contribution in [3.8, 4) is 0 Å². The van der Waals surface area contributed by atoms with E-state index >= 15 is 0 Å². The van der Waals surface area contributed by atoms with Crippen LogP contribution in [0.1, 0.15) is 27.2 Å². The van der Waals surface area contributed by atoms with Gasteiger partial charge in [-0.05, 0) is 0 Å². The fraction of sp³-hybridized carbons (Fsp3) is 0.857. The normalized spacial score (nSPS) is 6.60. The summed E-state index contributed by atoms with van der Waals surface area (Å²) in [4.78, 5) is 0. The van der Waals surface area contributed by atoms with Gasteiger partial charge in [0.05, 0.1) is 0 Å². The molecule has 0 fully saturated rings. The minimum atomic E-state index is 0.750. The van der Waals surface area contributed by atoms with Crippen LogP contribution in [-0.4, -0.2) is 13.1 Å². The van der Waals surface area contributed by atoms with Crippen LogP contribution >= 0.6 is 0 Å². The number of hydrogen-bond donors (Lipinski definition) is 0. The molecule has 0 amide bonds. The van der Waals surface area contributed by atoms with Crippen LogP contribution in [0.5, 0.6) is 0 Å². The average molecular weight is 179 g/mol. The second-order valence-corrected chi connectivity index (χ2v) is 1.36. The first-order chi connectivity index (χ1) is 4.83. The molecule has 0 bridgehead atoms. The summed E-state index contributed by atoms with van der Waals surface area (Å²) < 4.78 is 8.25. The Balaban J connectivity index is -0.0000000847. The van der Waals surface area contributed by atoms with E-state index in [2.05, 4.69) is 12.2 Å². The van der Waals surface area contributed by atoms with Gasteiger partial charge in [0.1, 0.15) is 0 Å². The SMILES string of the molecule is CC[N-]CC.[CH2-]CC.[O]=[Ti+2]. The quantitative estimate of drug-likeness (QED) is 0.473. The van der Waals surface area contributed by atoms with Crippen LogP contribution in [0.25, 0.3) is 5.32 Å². The second kappa shape index (κ2) is 34.0. The molecule has 3 heteroatoms. The number of hydrogen-bond acceptors (Lipinski definition) is 1. The van der Waals surface area contributed by atoms with E-state index in [1.807, 2.05) is 20.8 Å². The van der Waals surface area contributed by atoms with Gasteiger partial charge in [0.15, 0.2) is 0 Å². The van der Waals surface area contributed by atoms with Crippen LogP contribution in [-0.2, 0) is 23.7 Å². The summed E-state index contributed by atoms with van der Waals surface area (Å²) in [5.74, 6) is 0. The predicted molar refractivity (Wildman–Crippen MR) is 40.8 cm³/mol. The Bertz CT molecular complexity index is 34.8. The molecule has 0 aliphatic heterocycles. The molecule has 0 heterocycles. The molecule has 0 aliphatic rings. The molecular weight excluding hydrogens is 162 g/mol. The Morgan fingerprint density at radius 3 is 1.40 bits per heavy atom. The Morgan fingerprint density at radius 1 is 1.20 bits per heavy atom. The molecule has 0 unspecified atom stereocenters. The van der Waals surface area contributed by atoms with Crippen molar-refractivity contribution >= 4 is 0 Å². The zero-order chi connectivity index (χ0) is 8.83. The molecule has 0 spiro atoms. The first-order valence-electron chi connectivity index (χ1n) is 3.46. The van der Waals surface area contributed by atoms with Crippen molar-refractivity contribution in [2.45, 2.75) is 27.2 Å². The molecule has 0 aliphatic carbocycles. The molecule has 0 aromatic carbocycles. The van der Waals surface area contributed by atoms with Gasteiger partial charge in [-0.15, -0.1) is 0 Å². The predicted octanol–water partition coefficient (Wildman–Crippen LogP) is 2.51.